The number of carbonyl (C=O) groups excluding carboxylic acids is 2. The fraction of sp³-hybridized carbons (Fsp3) is 0.167. The zero-order valence-corrected chi connectivity index (χ0v) is 16.5. The zero-order valence-electron chi connectivity index (χ0n) is 16.5. The van der Waals surface area contributed by atoms with E-state index in [1.807, 2.05) is 49.5 Å². The molecule has 0 atom stereocenters. The molecule has 148 valence electrons. The highest BCUT2D eigenvalue weighted by molar-refractivity contribution is 6.11. The Bertz CT molecular complexity index is 1080. The van der Waals surface area contributed by atoms with Crippen LogP contribution < -0.4 is 9.47 Å². The minimum absolute atomic E-state index is 0.182. The number of benzene rings is 2. The van der Waals surface area contributed by atoms with Gasteiger partial charge in [-0.2, -0.15) is 0 Å². The second-order valence-corrected chi connectivity index (χ2v) is 6.44. The molecule has 1 heterocycles. The minimum atomic E-state index is -0.267. The summed E-state index contributed by atoms with van der Waals surface area (Å²) in [5.74, 6) is 0.793. The molecule has 0 aliphatic rings. The number of aromatic amines is 1. The number of fused-ring (bicyclic) bond motifs is 1. The van der Waals surface area contributed by atoms with Crippen LogP contribution in [-0.2, 0) is 9.59 Å². The monoisotopic (exact) mass is 389 g/mol. The number of allylic oxidation sites excluding steroid dienone is 2. The first-order valence-electron chi connectivity index (χ1n) is 9.39. The third kappa shape index (κ3) is 5.45. The van der Waals surface area contributed by atoms with Crippen molar-refractivity contribution in [2.75, 3.05) is 13.7 Å². The van der Waals surface area contributed by atoms with Crippen molar-refractivity contribution in [2.24, 2.45) is 0 Å². The van der Waals surface area contributed by atoms with Crippen molar-refractivity contribution >= 4 is 34.6 Å². The molecule has 0 radical (unpaired) electrons. The third-order valence-corrected chi connectivity index (χ3v) is 4.35. The van der Waals surface area contributed by atoms with Gasteiger partial charge in [0.1, 0.15) is 11.5 Å². The van der Waals surface area contributed by atoms with E-state index in [2.05, 4.69) is 4.98 Å². The van der Waals surface area contributed by atoms with Crippen LogP contribution in [0.2, 0.25) is 0 Å². The van der Waals surface area contributed by atoms with Crippen LogP contribution in [0.15, 0.2) is 60.8 Å². The van der Waals surface area contributed by atoms with E-state index in [0.717, 1.165) is 22.0 Å². The molecule has 0 unspecified atom stereocenters. The first-order valence-corrected chi connectivity index (χ1v) is 9.39. The van der Waals surface area contributed by atoms with Crippen LogP contribution in [0.5, 0.6) is 11.5 Å². The molecule has 0 spiro atoms. The van der Waals surface area contributed by atoms with Crippen LogP contribution in [0, 0.1) is 0 Å². The van der Waals surface area contributed by atoms with Gasteiger partial charge in [-0.1, -0.05) is 12.1 Å². The van der Waals surface area contributed by atoms with Crippen molar-refractivity contribution in [3.05, 3.63) is 71.9 Å². The van der Waals surface area contributed by atoms with Crippen molar-refractivity contribution in [3.63, 3.8) is 0 Å². The average Bonchev–Trinajstić information content (AvgIpc) is 3.19. The predicted octanol–water partition coefficient (Wildman–Crippen LogP) is 4.83. The summed E-state index contributed by atoms with van der Waals surface area (Å²) in [6.07, 6.45) is 7.90. The normalized spacial score (nSPS) is 11.4. The largest absolute Gasteiger partial charge is 0.496 e. The second-order valence-electron chi connectivity index (χ2n) is 6.44. The van der Waals surface area contributed by atoms with Gasteiger partial charge in [0.25, 0.3) is 0 Å². The minimum Gasteiger partial charge on any atom is -0.496 e. The Kier molecular flexibility index (Phi) is 6.63. The SMILES string of the molecule is CCOc1ccc(/C=C/C(=O)CC(=O)/C=C/c2ccc3[nH]ccc3c2)c(OC)c1. The molecule has 29 heavy (non-hydrogen) atoms. The van der Waals surface area contributed by atoms with Crippen molar-refractivity contribution < 1.29 is 19.1 Å². The zero-order chi connectivity index (χ0) is 20.6. The van der Waals surface area contributed by atoms with Crippen molar-refractivity contribution in [3.8, 4) is 11.5 Å². The van der Waals surface area contributed by atoms with Gasteiger partial charge in [0.05, 0.1) is 20.1 Å². The summed E-state index contributed by atoms with van der Waals surface area (Å²) in [4.78, 5) is 27.4. The summed E-state index contributed by atoms with van der Waals surface area (Å²) in [5.41, 5.74) is 2.69. The van der Waals surface area contributed by atoms with E-state index in [-0.39, 0.29) is 18.0 Å². The number of H-pyrrole nitrogens is 1. The maximum absolute atomic E-state index is 12.1. The van der Waals surface area contributed by atoms with Crippen LogP contribution >= 0.6 is 0 Å². The molecule has 0 bridgehead atoms. The van der Waals surface area contributed by atoms with Gasteiger partial charge < -0.3 is 14.5 Å². The molecule has 0 amide bonds. The van der Waals surface area contributed by atoms with Crippen LogP contribution in [-0.4, -0.2) is 30.3 Å². The van der Waals surface area contributed by atoms with Crippen LogP contribution in [0.3, 0.4) is 0 Å². The van der Waals surface area contributed by atoms with Crippen LogP contribution in [0.1, 0.15) is 24.5 Å². The lowest BCUT2D eigenvalue weighted by atomic mass is 10.1. The van der Waals surface area contributed by atoms with Gasteiger partial charge in [-0.25, -0.2) is 0 Å². The number of methoxy groups -OCH3 is 1. The standard InChI is InChI=1S/C24H23NO4/c1-3-29-22-10-7-18(24(16-22)28-2)6-9-21(27)15-20(26)8-4-17-5-11-23-19(14-17)12-13-25-23/h4-14,16,25H,3,15H2,1-2H3/b8-4+,9-6+. The summed E-state index contributed by atoms with van der Waals surface area (Å²) < 4.78 is 10.8. The first kappa shape index (κ1) is 20.1. The first-order chi connectivity index (χ1) is 14.1. The third-order valence-electron chi connectivity index (χ3n) is 4.35. The molecule has 0 aliphatic carbocycles. The highest BCUT2D eigenvalue weighted by Crippen LogP contribution is 2.26. The Labute approximate surface area is 169 Å². The van der Waals surface area contributed by atoms with Gasteiger partial charge in [0, 0.05) is 23.3 Å². The maximum Gasteiger partial charge on any atom is 0.163 e. The molecule has 3 rings (SSSR count). The lowest BCUT2D eigenvalue weighted by molar-refractivity contribution is -0.121. The summed E-state index contributed by atoms with van der Waals surface area (Å²) in [6, 6.07) is 13.2. The number of hydrogen-bond acceptors (Lipinski definition) is 4. The van der Waals surface area contributed by atoms with Crippen LogP contribution in [0.4, 0.5) is 0 Å². The highest BCUT2D eigenvalue weighted by Gasteiger charge is 2.06. The molecule has 0 aliphatic heterocycles. The van der Waals surface area contributed by atoms with E-state index in [1.165, 1.54) is 12.2 Å². The molecular weight excluding hydrogens is 366 g/mol. The van der Waals surface area contributed by atoms with E-state index in [1.54, 1.807) is 25.3 Å². The molecule has 0 fully saturated rings. The van der Waals surface area contributed by atoms with E-state index in [4.69, 9.17) is 9.47 Å². The number of aromatic nitrogens is 1. The van der Waals surface area contributed by atoms with E-state index in [0.29, 0.717) is 18.1 Å². The molecule has 1 N–H and O–H groups in total. The Morgan fingerprint density at radius 2 is 1.79 bits per heavy atom. The van der Waals surface area contributed by atoms with Crippen molar-refractivity contribution in [2.45, 2.75) is 13.3 Å². The van der Waals surface area contributed by atoms with E-state index < -0.39 is 0 Å². The fourth-order valence-electron chi connectivity index (χ4n) is 2.92. The Hall–Kier alpha value is -3.60. The number of hydrogen-bond donors (Lipinski definition) is 1. The number of carbonyl (C=O) groups is 2. The summed E-state index contributed by atoms with van der Waals surface area (Å²) in [5, 5.41) is 1.07. The molecule has 1 aromatic heterocycles. The molecular formula is C24H23NO4. The van der Waals surface area contributed by atoms with Gasteiger partial charge in [-0.15, -0.1) is 0 Å². The molecule has 5 heteroatoms. The molecule has 2 aromatic carbocycles. The topological polar surface area (TPSA) is 68.4 Å². The van der Waals surface area contributed by atoms with Gasteiger partial charge in [0.15, 0.2) is 11.6 Å². The van der Waals surface area contributed by atoms with Gasteiger partial charge in [0.2, 0.25) is 0 Å². The maximum atomic E-state index is 12.1. The Morgan fingerprint density at radius 3 is 2.55 bits per heavy atom. The van der Waals surface area contributed by atoms with Crippen LogP contribution in [0.25, 0.3) is 23.1 Å². The molecule has 0 saturated carbocycles. The van der Waals surface area contributed by atoms with Crippen molar-refractivity contribution in [1.82, 2.24) is 4.98 Å². The lowest BCUT2D eigenvalue weighted by Crippen LogP contribution is -2.02. The Balaban J connectivity index is 1.60. The number of rotatable bonds is 9. The van der Waals surface area contributed by atoms with Gasteiger partial charge in [-0.3, -0.25) is 9.59 Å². The summed E-state index contributed by atoms with van der Waals surface area (Å²) in [7, 11) is 1.56. The fourth-order valence-corrected chi connectivity index (χ4v) is 2.92. The quantitative estimate of drug-likeness (QED) is 0.420. The lowest BCUT2D eigenvalue weighted by Gasteiger charge is -2.08. The van der Waals surface area contributed by atoms with Gasteiger partial charge in [-0.05, 0) is 66.4 Å². The second kappa shape index (κ2) is 9.55. The molecule has 3 aromatic rings. The summed E-state index contributed by atoms with van der Waals surface area (Å²) in [6.45, 7) is 2.47. The van der Waals surface area contributed by atoms with E-state index >= 15 is 0 Å². The van der Waals surface area contributed by atoms with E-state index in [9.17, 15) is 9.59 Å². The molecule has 0 saturated heterocycles. The van der Waals surface area contributed by atoms with Crippen molar-refractivity contribution in [1.29, 1.82) is 0 Å². The molecule has 5 nitrogen and oxygen atoms in total. The smallest absolute Gasteiger partial charge is 0.163 e. The highest BCUT2D eigenvalue weighted by atomic mass is 16.5. The van der Waals surface area contributed by atoms with Gasteiger partial charge >= 0.3 is 0 Å². The number of ether oxygens (including phenoxy) is 2. The number of nitrogens with one attached hydrogen (secondary N) is 1. The number of ketones is 2. The summed E-state index contributed by atoms with van der Waals surface area (Å²) >= 11 is 0. The predicted molar refractivity (Wildman–Crippen MR) is 115 cm³/mol. The Morgan fingerprint density at radius 1 is 1.00 bits per heavy atom. The average molecular weight is 389 g/mol.